The predicted octanol–water partition coefficient (Wildman–Crippen LogP) is 3.79. The number of thiophene rings is 1. The van der Waals surface area contributed by atoms with Crippen LogP contribution in [-0.4, -0.2) is 30.1 Å². The maximum Gasteiger partial charge on any atom is 0.126 e. The molecule has 1 atom stereocenters. The van der Waals surface area contributed by atoms with Gasteiger partial charge in [0.15, 0.2) is 0 Å². The second kappa shape index (κ2) is 7.69. The minimum absolute atomic E-state index is 0.252. The van der Waals surface area contributed by atoms with Crippen molar-refractivity contribution >= 4 is 11.3 Å². The highest BCUT2D eigenvalue weighted by Gasteiger charge is 2.11. The lowest BCUT2D eigenvalue weighted by Gasteiger charge is -2.19. The quantitative estimate of drug-likeness (QED) is 0.841. The summed E-state index contributed by atoms with van der Waals surface area (Å²) in [4.78, 5) is 3.58. The largest absolute Gasteiger partial charge is 0.388 e. The molecule has 0 aliphatic rings. The van der Waals surface area contributed by atoms with Crippen molar-refractivity contribution in [3.63, 3.8) is 0 Å². The Labute approximate surface area is 129 Å². The van der Waals surface area contributed by atoms with Gasteiger partial charge in [-0.2, -0.15) is 0 Å². The molecule has 2 nitrogen and oxygen atoms in total. The van der Waals surface area contributed by atoms with Crippen molar-refractivity contribution in [2.24, 2.45) is 0 Å². The third kappa shape index (κ3) is 4.92. The zero-order chi connectivity index (χ0) is 15.2. The molecule has 2 aromatic rings. The Morgan fingerprint density at radius 3 is 2.76 bits per heavy atom. The molecule has 1 unspecified atom stereocenters. The summed E-state index contributed by atoms with van der Waals surface area (Å²) in [5.41, 5.74) is 1.27. The van der Waals surface area contributed by atoms with Crippen molar-refractivity contribution in [2.45, 2.75) is 25.9 Å². The van der Waals surface area contributed by atoms with E-state index in [2.05, 4.69) is 29.5 Å². The van der Waals surface area contributed by atoms with E-state index in [4.69, 9.17) is 0 Å². The summed E-state index contributed by atoms with van der Waals surface area (Å²) in [6.45, 7) is 3.49. The molecule has 21 heavy (non-hydrogen) atoms. The molecule has 0 saturated carbocycles. The summed E-state index contributed by atoms with van der Waals surface area (Å²) in [6.07, 6.45) is 1.04. The molecule has 0 aliphatic carbocycles. The number of benzene rings is 1. The summed E-state index contributed by atoms with van der Waals surface area (Å²) in [5, 5.41) is 12.2. The first-order valence-corrected chi connectivity index (χ1v) is 8.09. The van der Waals surface area contributed by atoms with Crippen LogP contribution in [0.5, 0.6) is 0 Å². The number of hydrogen-bond acceptors (Lipinski definition) is 3. The maximum absolute atomic E-state index is 13.5. The molecule has 0 fully saturated rings. The van der Waals surface area contributed by atoms with Crippen LogP contribution in [0.15, 0.2) is 35.7 Å². The van der Waals surface area contributed by atoms with Crippen molar-refractivity contribution in [2.75, 3.05) is 20.1 Å². The van der Waals surface area contributed by atoms with E-state index in [9.17, 15) is 9.50 Å². The molecule has 0 radical (unpaired) electrons. The van der Waals surface area contributed by atoms with Crippen LogP contribution in [0, 0.1) is 12.7 Å². The van der Waals surface area contributed by atoms with E-state index in [0.717, 1.165) is 19.5 Å². The Balaban J connectivity index is 1.77. The van der Waals surface area contributed by atoms with Gasteiger partial charge in [-0.15, -0.1) is 11.3 Å². The van der Waals surface area contributed by atoms with Gasteiger partial charge in [-0.25, -0.2) is 4.39 Å². The third-order valence-electron chi connectivity index (χ3n) is 3.68. The van der Waals surface area contributed by atoms with Crippen LogP contribution in [-0.2, 0) is 6.42 Å². The lowest BCUT2D eigenvalue weighted by Crippen LogP contribution is -2.23. The van der Waals surface area contributed by atoms with Crippen LogP contribution < -0.4 is 0 Å². The molecule has 0 aliphatic heterocycles. The smallest absolute Gasteiger partial charge is 0.126 e. The fourth-order valence-corrected chi connectivity index (χ4v) is 2.89. The molecule has 4 heteroatoms. The highest BCUT2D eigenvalue weighted by atomic mass is 32.1. The van der Waals surface area contributed by atoms with Gasteiger partial charge in [0.05, 0.1) is 6.10 Å². The van der Waals surface area contributed by atoms with Gasteiger partial charge in [0.1, 0.15) is 5.82 Å². The van der Waals surface area contributed by atoms with Gasteiger partial charge in [0.25, 0.3) is 0 Å². The monoisotopic (exact) mass is 307 g/mol. The molecule has 114 valence electrons. The second-order valence-electron chi connectivity index (χ2n) is 5.45. The van der Waals surface area contributed by atoms with Gasteiger partial charge in [0.2, 0.25) is 0 Å². The molecule has 1 N–H and O–H groups in total. The highest BCUT2D eigenvalue weighted by Crippen LogP contribution is 2.19. The molecular formula is C17H22FNOS. The third-order valence-corrected chi connectivity index (χ3v) is 4.62. The standard InChI is InChI=1S/C17H22FNOS/c1-13-5-6-14(12-16(13)18)17(20)8-10-19(2)9-7-15-4-3-11-21-15/h3-6,11-12,17,20H,7-10H2,1-2H3. The normalized spacial score (nSPS) is 12.8. The molecule has 0 saturated heterocycles. The fraction of sp³-hybridized carbons (Fsp3) is 0.412. The summed E-state index contributed by atoms with van der Waals surface area (Å²) in [5.74, 6) is -0.252. The lowest BCUT2D eigenvalue weighted by molar-refractivity contribution is 0.149. The van der Waals surface area contributed by atoms with Gasteiger partial charge in [0, 0.05) is 18.0 Å². The van der Waals surface area contributed by atoms with E-state index in [1.165, 1.54) is 10.9 Å². The Morgan fingerprint density at radius 2 is 2.10 bits per heavy atom. The van der Waals surface area contributed by atoms with Gasteiger partial charge in [-0.3, -0.25) is 0 Å². The minimum atomic E-state index is -0.607. The first-order valence-electron chi connectivity index (χ1n) is 7.21. The number of hydrogen-bond donors (Lipinski definition) is 1. The van der Waals surface area contributed by atoms with E-state index < -0.39 is 6.10 Å². The van der Waals surface area contributed by atoms with E-state index in [1.807, 2.05) is 0 Å². The second-order valence-corrected chi connectivity index (χ2v) is 6.48. The van der Waals surface area contributed by atoms with Crippen LogP contribution in [0.4, 0.5) is 4.39 Å². The molecule has 2 rings (SSSR count). The molecule has 1 aromatic heterocycles. The number of halogens is 1. The Bertz CT molecular complexity index is 556. The van der Waals surface area contributed by atoms with Crippen molar-refractivity contribution in [3.8, 4) is 0 Å². The fourth-order valence-electron chi connectivity index (χ4n) is 2.19. The SMILES string of the molecule is Cc1ccc(C(O)CCN(C)CCc2cccs2)cc1F. The van der Waals surface area contributed by atoms with Gasteiger partial charge in [-0.05, 0) is 55.5 Å². The topological polar surface area (TPSA) is 23.5 Å². The van der Waals surface area contributed by atoms with E-state index in [1.54, 1.807) is 30.4 Å². The molecule has 1 aromatic carbocycles. The number of aliphatic hydroxyl groups is 1. The summed E-state index contributed by atoms with van der Waals surface area (Å²) >= 11 is 1.77. The molecule has 0 bridgehead atoms. The van der Waals surface area contributed by atoms with Crippen LogP contribution in [0.3, 0.4) is 0 Å². The van der Waals surface area contributed by atoms with Crippen molar-refractivity contribution in [3.05, 3.63) is 57.5 Å². The first kappa shape index (κ1) is 16.1. The van der Waals surface area contributed by atoms with Gasteiger partial charge >= 0.3 is 0 Å². The minimum Gasteiger partial charge on any atom is -0.388 e. The van der Waals surface area contributed by atoms with Crippen LogP contribution in [0.2, 0.25) is 0 Å². The van der Waals surface area contributed by atoms with E-state index in [0.29, 0.717) is 17.5 Å². The number of likely N-dealkylation sites (N-methyl/N-ethyl adjacent to an activating group) is 1. The number of nitrogens with zero attached hydrogens (tertiary/aromatic N) is 1. The summed E-state index contributed by atoms with van der Waals surface area (Å²) in [6, 6.07) is 9.16. The molecule has 0 amide bonds. The zero-order valence-electron chi connectivity index (χ0n) is 12.6. The predicted molar refractivity (Wildman–Crippen MR) is 86.2 cm³/mol. The maximum atomic E-state index is 13.5. The van der Waals surface area contributed by atoms with Gasteiger partial charge in [-0.1, -0.05) is 18.2 Å². The molecular weight excluding hydrogens is 285 g/mol. The van der Waals surface area contributed by atoms with Crippen molar-refractivity contribution in [1.82, 2.24) is 4.90 Å². The van der Waals surface area contributed by atoms with Crippen LogP contribution in [0.1, 0.15) is 28.5 Å². The molecule has 0 spiro atoms. The number of aliphatic hydroxyl groups excluding tert-OH is 1. The zero-order valence-corrected chi connectivity index (χ0v) is 13.4. The van der Waals surface area contributed by atoms with E-state index in [-0.39, 0.29) is 5.82 Å². The number of aryl methyl sites for hydroxylation is 1. The van der Waals surface area contributed by atoms with Crippen LogP contribution >= 0.6 is 11.3 Å². The average Bonchev–Trinajstić information content (AvgIpc) is 2.98. The Kier molecular flexibility index (Phi) is 5.91. The van der Waals surface area contributed by atoms with Gasteiger partial charge < -0.3 is 10.0 Å². The van der Waals surface area contributed by atoms with Crippen molar-refractivity contribution in [1.29, 1.82) is 0 Å². The Hall–Kier alpha value is -1.23. The van der Waals surface area contributed by atoms with Crippen LogP contribution in [0.25, 0.3) is 0 Å². The summed E-state index contributed by atoms with van der Waals surface area (Å²) in [7, 11) is 2.05. The number of rotatable bonds is 7. The van der Waals surface area contributed by atoms with Crippen molar-refractivity contribution < 1.29 is 9.50 Å². The highest BCUT2D eigenvalue weighted by molar-refractivity contribution is 7.09. The lowest BCUT2D eigenvalue weighted by atomic mass is 10.0. The summed E-state index contributed by atoms with van der Waals surface area (Å²) < 4.78 is 13.5. The average molecular weight is 307 g/mol. The van der Waals surface area contributed by atoms with E-state index >= 15 is 0 Å². The molecule has 1 heterocycles. The Morgan fingerprint density at radius 1 is 1.29 bits per heavy atom. The first-order chi connectivity index (χ1) is 10.1.